The van der Waals surface area contributed by atoms with Gasteiger partial charge in [0.1, 0.15) is 5.75 Å². The molecule has 2 aromatic rings. The summed E-state index contributed by atoms with van der Waals surface area (Å²) in [4.78, 5) is -0.0113. The van der Waals surface area contributed by atoms with Crippen LogP contribution in [0, 0.1) is 0 Å². The number of nitrogens with one attached hydrogen (secondary N) is 1. The van der Waals surface area contributed by atoms with E-state index in [1.165, 1.54) is 31.4 Å². The summed E-state index contributed by atoms with van der Waals surface area (Å²) >= 11 is 17.3. The Morgan fingerprint density at radius 1 is 1.09 bits per heavy atom. The van der Waals surface area contributed by atoms with Crippen LogP contribution in [0.25, 0.3) is 0 Å². The molecular formula is C13H9Cl3NO4S-. The minimum Gasteiger partial charge on any atom is -0.870 e. The predicted octanol–water partition coefficient (Wildman–Crippen LogP) is 3.53. The van der Waals surface area contributed by atoms with E-state index in [-0.39, 0.29) is 25.7 Å². The average Bonchev–Trinajstić information content (AvgIpc) is 2.50. The van der Waals surface area contributed by atoms with Crippen molar-refractivity contribution in [2.24, 2.45) is 0 Å². The second kappa shape index (κ2) is 6.42. The number of methoxy groups -OCH3 is 1. The summed E-state index contributed by atoms with van der Waals surface area (Å²) in [5, 5.41) is 10.7. The molecule has 9 heteroatoms. The van der Waals surface area contributed by atoms with Crippen molar-refractivity contribution in [3.05, 3.63) is 45.4 Å². The minimum atomic E-state index is -3.92. The average molecular weight is 382 g/mol. The first kappa shape index (κ1) is 17.0. The molecule has 0 aliphatic heterocycles. The Morgan fingerprint density at radius 3 is 2.23 bits per heavy atom. The third-order valence-corrected chi connectivity index (χ3v) is 5.24. The van der Waals surface area contributed by atoms with Crippen LogP contribution in [0.1, 0.15) is 0 Å². The smallest absolute Gasteiger partial charge is 0.261 e. The van der Waals surface area contributed by atoms with Gasteiger partial charge in [0.15, 0.2) is 0 Å². The Balaban J connectivity index is 2.40. The van der Waals surface area contributed by atoms with E-state index in [9.17, 15) is 13.5 Å². The van der Waals surface area contributed by atoms with Gasteiger partial charge in [0.25, 0.3) is 10.0 Å². The van der Waals surface area contributed by atoms with E-state index in [0.29, 0.717) is 5.75 Å². The van der Waals surface area contributed by atoms with E-state index in [2.05, 4.69) is 4.72 Å². The van der Waals surface area contributed by atoms with Gasteiger partial charge in [0, 0.05) is 5.02 Å². The molecule has 0 unspecified atom stereocenters. The lowest BCUT2D eigenvalue weighted by atomic mass is 10.3. The summed E-state index contributed by atoms with van der Waals surface area (Å²) < 4.78 is 31.8. The third-order valence-electron chi connectivity index (χ3n) is 2.73. The van der Waals surface area contributed by atoms with Gasteiger partial charge in [-0.2, -0.15) is 0 Å². The first-order chi connectivity index (χ1) is 10.3. The largest absolute Gasteiger partial charge is 0.870 e. The molecule has 118 valence electrons. The topological polar surface area (TPSA) is 78.5 Å². The van der Waals surface area contributed by atoms with Crippen LogP contribution >= 0.6 is 34.8 Å². The lowest BCUT2D eigenvalue weighted by molar-refractivity contribution is -0.267. The second-order valence-electron chi connectivity index (χ2n) is 4.14. The van der Waals surface area contributed by atoms with Crippen molar-refractivity contribution in [3.63, 3.8) is 0 Å². The fourth-order valence-corrected chi connectivity index (χ4v) is 3.37. The molecule has 0 aliphatic carbocycles. The highest BCUT2D eigenvalue weighted by atomic mass is 35.5. The molecule has 0 amide bonds. The van der Waals surface area contributed by atoms with Gasteiger partial charge in [-0.3, -0.25) is 4.72 Å². The lowest BCUT2D eigenvalue weighted by Crippen LogP contribution is -2.13. The molecule has 0 heterocycles. The zero-order valence-corrected chi connectivity index (χ0v) is 14.1. The van der Waals surface area contributed by atoms with Crippen LogP contribution in [-0.2, 0) is 10.0 Å². The van der Waals surface area contributed by atoms with Gasteiger partial charge in [0.05, 0.1) is 27.7 Å². The number of anilines is 1. The van der Waals surface area contributed by atoms with Gasteiger partial charge in [0.2, 0.25) is 0 Å². The summed E-state index contributed by atoms with van der Waals surface area (Å²) in [5.74, 6) is -0.153. The van der Waals surface area contributed by atoms with Crippen molar-refractivity contribution in [2.45, 2.75) is 4.90 Å². The molecule has 0 fully saturated rings. The molecular weight excluding hydrogens is 373 g/mol. The molecule has 0 aromatic heterocycles. The van der Waals surface area contributed by atoms with Gasteiger partial charge in [-0.1, -0.05) is 40.6 Å². The Labute approximate surface area is 142 Å². The van der Waals surface area contributed by atoms with Crippen LogP contribution in [0.5, 0.6) is 11.5 Å². The van der Waals surface area contributed by atoms with Crippen molar-refractivity contribution in [1.29, 1.82) is 0 Å². The van der Waals surface area contributed by atoms with Crippen LogP contribution < -0.4 is 14.6 Å². The fraction of sp³-hybridized carbons (Fsp3) is 0.0769. The van der Waals surface area contributed by atoms with Crippen LogP contribution in [0.3, 0.4) is 0 Å². The van der Waals surface area contributed by atoms with Crippen LogP contribution in [-0.4, -0.2) is 15.5 Å². The number of sulfonamides is 1. The Hall–Kier alpha value is -1.34. The third kappa shape index (κ3) is 3.35. The summed E-state index contributed by atoms with van der Waals surface area (Å²) in [7, 11) is -2.45. The van der Waals surface area contributed by atoms with Gasteiger partial charge < -0.3 is 9.84 Å². The summed E-state index contributed by atoms with van der Waals surface area (Å²) in [5.41, 5.74) is -0.0768. The van der Waals surface area contributed by atoms with Crippen molar-refractivity contribution in [1.82, 2.24) is 0 Å². The van der Waals surface area contributed by atoms with E-state index < -0.39 is 15.8 Å². The monoisotopic (exact) mass is 380 g/mol. The highest BCUT2D eigenvalue weighted by Gasteiger charge is 2.18. The molecule has 0 saturated carbocycles. The van der Waals surface area contributed by atoms with E-state index in [4.69, 9.17) is 39.5 Å². The molecule has 0 atom stereocenters. The van der Waals surface area contributed by atoms with E-state index in [1.807, 2.05) is 0 Å². The molecule has 2 aromatic carbocycles. The normalized spacial score (nSPS) is 11.3. The molecule has 5 nitrogen and oxygen atoms in total. The Kier molecular flexibility index (Phi) is 4.97. The molecule has 2 rings (SSSR count). The SMILES string of the molecule is COc1ccc(S(=O)(=O)Nc2cc(Cl)c([O-])c(Cl)c2Cl)cc1. The number of ether oxygens (including phenoxy) is 1. The number of rotatable bonds is 4. The first-order valence-corrected chi connectivity index (χ1v) is 8.39. The number of benzene rings is 2. The van der Waals surface area contributed by atoms with Crippen molar-refractivity contribution >= 4 is 50.5 Å². The number of halogens is 3. The Bertz CT molecular complexity index is 807. The standard InChI is InChI=1S/C13H10Cl3NO4S/c1-21-7-2-4-8(5-3-7)22(19,20)17-10-6-9(14)13(18)12(16)11(10)15/h2-6,17-18H,1H3/p-1. The molecule has 0 radical (unpaired) electrons. The van der Waals surface area contributed by atoms with Crippen LogP contribution in [0.2, 0.25) is 15.1 Å². The lowest BCUT2D eigenvalue weighted by Gasteiger charge is -2.17. The summed E-state index contributed by atoms with van der Waals surface area (Å²) in [6, 6.07) is 6.83. The number of hydrogen-bond acceptors (Lipinski definition) is 4. The van der Waals surface area contributed by atoms with Gasteiger partial charge >= 0.3 is 0 Å². The quantitative estimate of drug-likeness (QED) is 0.822. The highest BCUT2D eigenvalue weighted by molar-refractivity contribution is 7.92. The van der Waals surface area contributed by atoms with Gasteiger partial charge in [-0.25, -0.2) is 8.42 Å². The van der Waals surface area contributed by atoms with E-state index in [1.54, 1.807) is 0 Å². The predicted molar refractivity (Wildman–Crippen MR) is 84.7 cm³/mol. The van der Waals surface area contributed by atoms with Crippen LogP contribution in [0.4, 0.5) is 5.69 Å². The maximum atomic E-state index is 12.3. The molecule has 0 aliphatic rings. The van der Waals surface area contributed by atoms with Gasteiger partial charge in [-0.05, 0) is 30.3 Å². The zero-order chi connectivity index (χ0) is 16.5. The molecule has 0 saturated heterocycles. The van der Waals surface area contributed by atoms with E-state index in [0.717, 1.165) is 6.07 Å². The first-order valence-electron chi connectivity index (χ1n) is 5.77. The molecule has 0 spiro atoms. The van der Waals surface area contributed by atoms with Crippen molar-refractivity contribution in [2.75, 3.05) is 11.8 Å². The fourth-order valence-electron chi connectivity index (χ4n) is 1.61. The van der Waals surface area contributed by atoms with Crippen LogP contribution in [0.15, 0.2) is 35.2 Å². The van der Waals surface area contributed by atoms with Gasteiger partial charge in [-0.15, -0.1) is 0 Å². The zero-order valence-electron chi connectivity index (χ0n) is 11.1. The van der Waals surface area contributed by atoms with E-state index >= 15 is 0 Å². The maximum absolute atomic E-state index is 12.3. The highest BCUT2D eigenvalue weighted by Crippen LogP contribution is 2.41. The minimum absolute atomic E-state index is 0.0113. The molecule has 1 N–H and O–H groups in total. The molecule has 0 bridgehead atoms. The summed E-state index contributed by atoms with van der Waals surface area (Å²) in [6.45, 7) is 0. The maximum Gasteiger partial charge on any atom is 0.261 e. The van der Waals surface area contributed by atoms with Crippen molar-refractivity contribution in [3.8, 4) is 11.5 Å². The Morgan fingerprint density at radius 2 is 1.68 bits per heavy atom. The van der Waals surface area contributed by atoms with Crippen molar-refractivity contribution < 1.29 is 18.3 Å². The molecule has 22 heavy (non-hydrogen) atoms. The summed E-state index contributed by atoms with van der Waals surface area (Å²) in [6.07, 6.45) is 0. The number of hydrogen-bond donors (Lipinski definition) is 1. The second-order valence-corrected chi connectivity index (χ2v) is 6.99.